The molecule has 1 atom stereocenters. The lowest BCUT2D eigenvalue weighted by atomic mass is 9.94. The van der Waals surface area contributed by atoms with Crippen molar-refractivity contribution in [1.82, 2.24) is 15.2 Å². The highest BCUT2D eigenvalue weighted by atomic mass is 16.5. The van der Waals surface area contributed by atoms with Crippen LogP contribution in [0.15, 0.2) is 59.7 Å². The third kappa shape index (κ3) is 3.49. The number of imide groups is 1. The molecule has 5 aliphatic rings. The molecule has 0 aliphatic carbocycles. The van der Waals surface area contributed by atoms with Crippen molar-refractivity contribution in [3.05, 3.63) is 70.8 Å². The van der Waals surface area contributed by atoms with Gasteiger partial charge in [0.15, 0.2) is 6.23 Å². The molecule has 5 aliphatic heterocycles. The number of amides is 2. The van der Waals surface area contributed by atoms with Crippen LogP contribution in [0.3, 0.4) is 0 Å². The summed E-state index contributed by atoms with van der Waals surface area (Å²) in [5.74, 6) is -0.706. The quantitative estimate of drug-likeness (QED) is 0.549. The van der Waals surface area contributed by atoms with Crippen LogP contribution in [-0.2, 0) is 19.1 Å². The van der Waals surface area contributed by atoms with Crippen LogP contribution in [0.4, 0.5) is 11.4 Å². The minimum Gasteiger partial charge on any atom is -0.378 e. The van der Waals surface area contributed by atoms with Gasteiger partial charge in [0.1, 0.15) is 0 Å². The van der Waals surface area contributed by atoms with Gasteiger partial charge in [-0.15, -0.1) is 0 Å². The van der Waals surface area contributed by atoms with Gasteiger partial charge in [0.2, 0.25) is 0 Å². The first-order valence-electron chi connectivity index (χ1n) is 12.8. The van der Waals surface area contributed by atoms with Gasteiger partial charge in [0.05, 0.1) is 48.9 Å². The molecule has 0 radical (unpaired) electrons. The molecular formula is C28H29N5O4. The number of fused-ring (bicyclic) bond motifs is 9. The zero-order valence-electron chi connectivity index (χ0n) is 20.8. The lowest BCUT2D eigenvalue weighted by Crippen LogP contribution is -2.56. The molecule has 0 spiro atoms. The molecule has 2 saturated heterocycles. The third-order valence-corrected chi connectivity index (χ3v) is 7.79. The fourth-order valence-electron chi connectivity index (χ4n) is 6.12. The molecule has 7 rings (SSSR count). The molecule has 9 nitrogen and oxygen atoms in total. The second-order valence-corrected chi connectivity index (χ2v) is 9.98. The first kappa shape index (κ1) is 22.5. The molecule has 5 heterocycles. The summed E-state index contributed by atoms with van der Waals surface area (Å²) in [7, 11) is 2.06. The third-order valence-electron chi connectivity index (χ3n) is 7.79. The second-order valence-electron chi connectivity index (χ2n) is 9.98. The summed E-state index contributed by atoms with van der Waals surface area (Å²) in [5, 5.41) is 6.91. The number of anilines is 2. The number of likely N-dealkylation sites (N-methyl/N-ethyl adjacent to an activating group) is 1. The Morgan fingerprint density at radius 1 is 0.838 bits per heavy atom. The van der Waals surface area contributed by atoms with Crippen LogP contribution in [0, 0.1) is 0 Å². The van der Waals surface area contributed by atoms with Gasteiger partial charge in [-0.3, -0.25) is 29.8 Å². The Morgan fingerprint density at radius 2 is 1.57 bits per heavy atom. The highest BCUT2D eigenvalue weighted by Crippen LogP contribution is 2.48. The smallest absolute Gasteiger partial charge is 0.261 e. The Balaban J connectivity index is 1.50. The highest BCUT2D eigenvalue weighted by Gasteiger charge is 2.47. The summed E-state index contributed by atoms with van der Waals surface area (Å²) in [6.45, 7) is 5.06. The van der Waals surface area contributed by atoms with Crippen molar-refractivity contribution in [2.45, 2.75) is 6.23 Å². The Kier molecular flexibility index (Phi) is 5.31. The lowest BCUT2D eigenvalue weighted by molar-refractivity contribution is -0.123. The molecule has 2 bridgehead atoms. The average Bonchev–Trinajstić information content (AvgIpc) is 3.52. The highest BCUT2D eigenvalue weighted by molar-refractivity contribution is 6.31. The summed E-state index contributed by atoms with van der Waals surface area (Å²) in [4.78, 5) is 31.5. The number of hydrogen-bond acceptors (Lipinski definition) is 8. The molecule has 1 N–H and O–H groups in total. The number of hydrazine groups is 1. The molecule has 0 saturated carbocycles. The van der Waals surface area contributed by atoms with Crippen LogP contribution in [0.1, 0.15) is 11.1 Å². The standard InChI is InChI=1S/C28H29N5O4/c1-30-10-13-36-14-11-31-16-20(18-6-2-4-8-21(18)31)24-25(28(35)29-27(24)34)26-19-7-3-5-9-22(19)32-12-15-37-23(17-30)33(26)32/h2-9,23H,10-17H2,1H3,(H,29,34,35)/b24-20+,26-25?. The van der Waals surface area contributed by atoms with Crippen molar-refractivity contribution in [3.63, 3.8) is 0 Å². The van der Waals surface area contributed by atoms with E-state index in [0.717, 1.165) is 40.3 Å². The van der Waals surface area contributed by atoms with E-state index in [1.807, 2.05) is 36.4 Å². The summed E-state index contributed by atoms with van der Waals surface area (Å²) >= 11 is 0. The van der Waals surface area contributed by atoms with Crippen molar-refractivity contribution in [1.29, 1.82) is 0 Å². The van der Waals surface area contributed by atoms with Gasteiger partial charge in [0.25, 0.3) is 11.8 Å². The molecule has 2 aromatic rings. The predicted molar refractivity (Wildman–Crippen MR) is 139 cm³/mol. The molecule has 1 unspecified atom stereocenters. The predicted octanol–water partition coefficient (Wildman–Crippen LogP) is 1.68. The van der Waals surface area contributed by atoms with Crippen molar-refractivity contribution in [2.75, 3.05) is 69.5 Å². The number of benzene rings is 2. The maximum atomic E-state index is 13.6. The van der Waals surface area contributed by atoms with Crippen LogP contribution in [-0.4, -0.2) is 87.5 Å². The van der Waals surface area contributed by atoms with E-state index in [9.17, 15) is 9.59 Å². The average molecular weight is 500 g/mol. The van der Waals surface area contributed by atoms with Gasteiger partial charge < -0.3 is 14.4 Å². The van der Waals surface area contributed by atoms with Crippen LogP contribution in [0.2, 0.25) is 0 Å². The molecule has 9 heteroatoms. The summed E-state index contributed by atoms with van der Waals surface area (Å²) in [6, 6.07) is 16.2. The lowest BCUT2D eigenvalue weighted by Gasteiger charge is -2.44. The van der Waals surface area contributed by atoms with E-state index in [-0.39, 0.29) is 18.0 Å². The maximum Gasteiger partial charge on any atom is 0.261 e. The van der Waals surface area contributed by atoms with E-state index in [1.165, 1.54) is 0 Å². The molecule has 2 amide bonds. The maximum absolute atomic E-state index is 13.6. The van der Waals surface area contributed by atoms with Gasteiger partial charge in [-0.05, 0) is 24.8 Å². The number of rotatable bonds is 0. The van der Waals surface area contributed by atoms with E-state index in [4.69, 9.17) is 9.47 Å². The number of nitrogens with zero attached hydrogens (tertiary/aromatic N) is 4. The van der Waals surface area contributed by atoms with E-state index in [1.54, 1.807) is 0 Å². The normalized spacial score (nSPS) is 25.9. The number of hydrogen-bond donors (Lipinski definition) is 1. The number of ether oxygens (including phenoxy) is 2. The minimum atomic E-state index is -0.361. The van der Waals surface area contributed by atoms with Crippen molar-refractivity contribution in [3.8, 4) is 0 Å². The van der Waals surface area contributed by atoms with Crippen LogP contribution in [0.5, 0.6) is 0 Å². The van der Waals surface area contributed by atoms with E-state index in [2.05, 4.69) is 44.3 Å². The molecule has 37 heavy (non-hydrogen) atoms. The topological polar surface area (TPSA) is 77.6 Å². The zero-order valence-corrected chi connectivity index (χ0v) is 20.8. The van der Waals surface area contributed by atoms with Crippen molar-refractivity contribution < 1.29 is 19.1 Å². The monoisotopic (exact) mass is 499 g/mol. The van der Waals surface area contributed by atoms with Crippen molar-refractivity contribution in [2.24, 2.45) is 0 Å². The summed E-state index contributed by atoms with van der Waals surface area (Å²) < 4.78 is 12.3. The minimum absolute atomic E-state index is 0.319. The molecular weight excluding hydrogens is 470 g/mol. The Bertz CT molecular complexity index is 1370. The fraction of sp³-hybridized carbons (Fsp3) is 0.357. The first-order chi connectivity index (χ1) is 18.1. The van der Waals surface area contributed by atoms with Gasteiger partial charge >= 0.3 is 0 Å². The number of carbonyl (C=O) groups is 2. The number of nitrogens with one attached hydrogen (secondary N) is 1. The number of para-hydroxylation sites is 2. The van der Waals surface area contributed by atoms with Gasteiger partial charge in [-0.25, -0.2) is 0 Å². The molecule has 2 aromatic carbocycles. The van der Waals surface area contributed by atoms with Crippen LogP contribution in [0.25, 0.3) is 11.3 Å². The van der Waals surface area contributed by atoms with E-state index < -0.39 is 0 Å². The molecule has 0 aromatic heterocycles. The van der Waals surface area contributed by atoms with Crippen LogP contribution >= 0.6 is 0 Å². The zero-order chi connectivity index (χ0) is 25.1. The molecule has 190 valence electrons. The van der Waals surface area contributed by atoms with Gasteiger partial charge in [-0.1, -0.05) is 36.4 Å². The van der Waals surface area contributed by atoms with Crippen LogP contribution < -0.4 is 15.2 Å². The Hall–Kier alpha value is -3.66. The Morgan fingerprint density at radius 3 is 2.43 bits per heavy atom. The van der Waals surface area contributed by atoms with E-state index in [0.29, 0.717) is 57.1 Å². The SMILES string of the molecule is CN1CCOCCN2C/C(=C3\C(=O)NC(=O)C3=C3c4ccccc4N4CCOC(C1)N34)c1ccccc12. The van der Waals surface area contributed by atoms with Gasteiger partial charge in [0, 0.05) is 43.0 Å². The van der Waals surface area contributed by atoms with E-state index >= 15 is 0 Å². The first-order valence-corrected chi connectivity index (χ1v) is 12.8. The number of carbonyl (C=O) groups excluding carboxylic acids is 2. The molecule has 2 fully saturated rings. The fourth-order valence-corrected chi connectivity index (χ4v) is 6.12. The summed E-state index contributed by atoms with van der Waals surface area (Å²) in [5.41, 5.74) is 6.50. The Labute approximate surface area is 215 Å². The van der Waals surface area contributed by atoms with Gasteiger partial charge in [-0.2, -0.15) is 0 Å². The summed E-state index contributed by atoms with van der Waals surface area (Å²) in [6.07, 6.45) is -0.319. The second kappa shape index (κ2) is 8.72. The largest absolute Gasteiger partial charge is 0.378 e. The van der Waals surface area contributed by atoms with Crippen molar-refractivity contribution >= 4 is 34.5 Å².